The lowest BCUT2D eigenvalue weighted by Gasteiger charge is -2.40. The van der Waals surface area contributed by atoms with Crippen LogP contribution in [0, 0.1) is 6.92 Å². The highest BCUT2D eigenvalue weighted by Gasteiger charge is 2.35. The fourth-order valence-electron chi connectivity index (χ4n) is 5.16. The Bertz CT molecular complexity index is 1420. The fraction of sp³-hybridized carbons (Fsp3) is 0.296. The van der Waals surface area contributed by atoms with E-state index in [-0.39, 0.29) is 11.7 Å². The second kappa shape index (κ2) is 9.03. The summed E-state index contributed by atoms with van der Waals surface area (Å²) in [5.74, 6) is 0.0418. The predicted octanol–water partition coefficient (Wildman–Crippen LogP) is 4.04. The molecule has 1 fully saturated rings. The summed E-state index contributed by atoms with van der Waals surface area (Å²) in [6.07, 6.45) is 3.43. The highest BCUT2D eigenvalue weighted by Crippen LogP contribution is 2.47. The molecule has 0 saturated carbocycles. The number of methoxy groups -OCH3 is 1. The number of hydrogen-bond donors (Lipinski definition) is 1. The molecular formula is C27H27N3O5. The van der Waals surface area contributed by atoms with Gasteiger partial charge in [0.05, 0.1) is 13.2 Å². The maximum Gasteiger partial charge on any atom is 0.342 e. The lowest BCUT2D eigenvalue weighted by atomic mass is 9.89. The molecule has 3 heterocycles. The van der Waals surface area contributed by atoms with E-state index in [1.54, 1.807) is 26.2 Å². The topological polar surface area (TPSA) is 96.1 Å². The largest absolute Gasteiger partial charge is 0.507 e. The minimum Gasteiger partial charge on any atom is -0.507 e. The Labute approximate surface area is 202 Å². The summed E-state index contributed by atoms with van der Waals surface area (Å²) in [6, 6.07) is 10.9. The summed E-state index contributed by atoms with van der Waals surface area (Å²) in [7, 11) is 1.34. The molecule has 2 aromatic heterocycles. The average Bonchev–Trinajstić information content (AvgIpc) is 3.23. The molecular weight excluding hydrogens is 446 g/mol. The molecule has 0 bridgehead atoms. The Hall–Kier alpha value is -3.91. The van der Waals surface area contributed by atoms with Gasteiger partial charge in [0.25, 0.3) is 0 Å². The van der Waals surface area contributed by atoms with Crippen LogP contribution in [-0.2, 0) is 9.53 Å². The number of rotatable bonds is 4. The van der Waals surface area contributed by atoms with Crippen molar-refractivity contribution in [2.24, 2.45) is 0 Å². The number of fused-ring (bicyclic) bond motifs is 3. The SMILES string of the molecule is COC(=O)c1c(C)oc2c1c(C(c1ccncc1)N1CCN(C(C)=O)CC1)c(O)c1ccccc12. The number of benzene rings is 2. The van der Waals surface area contributed by atoms with Gasteiger partial charge in [-0.3, -0.25) is 14.7 Å². The van der Waals surface area contributed by atoms with Gasteiger partial charge in [-0.2, -0.15) is 0 Å². The highest BCUT2D eigenvalue weighted by molar-refractivity contribution is 6.16. The lowest BCUT2D eigenvalue weighted by Crippen LogP contribution is -2.49. The third kappa shape index (κ3) is 3.80. The summed E-state index contributed by atoms with van der Waals surface area (Å²) in [4.78, 5) is 33.1. The molecule has 0 spiro atoms. The molecule has 4 aromatic rings. The molecule has 1 N–H and O–H groups in total. The Kier molecular flexibility index (Phi) is 5.90. The second-order valence-electron chi connectivity index (χ2n) is 8.76. The standard InChI is InChI=1S/C27H27N3O5/c1-16-21(27(33)34-3)22-23(25(32)19-6-4-5-7-20(19)26(22)35-16)24(18-8-10-28-11-9-18)30-14-12-29(13-15-30)17(2)31/h4-11,24,32H,12-15H2,1-3H3. The van der Waals surface area contributed by atoms with E-state index in [2.05, 4.69) is 9.88 Å². The van der Waals surface area contributed by atoms with Crippen molar-refractivity contribution in [2.75, 3.05) is 33.3 Å². The number of phenolic OH excluding ortho intramolecular Hbond substituents is 1. The third-order valence-electron chi connectivity index (χ3n) is 6.85. The first-order valence-corrected chi connectivity index (χ1v) is 11.6. The number of esters is 1. The summed E-state index contributed by atoms with van der Waals surface area (Å²) in [5, 5.41) is 13.6. The number of carbonyl (C=O) groups is 2. The van der Waals surface area contributed by atoms with Gasteiger partial charge in [-0.15, -0.1) is 0 Å². The highest BCUT2D eigenvalue weighted by atomic mass is 16.5. The number of phenols is 1. The van der Waals surface area contributed by atoms with E-state index >= 15 is 0 Å². The van der Waals surface area contributed by atoms with Gasteiger partial charge >= 0.3 is 5.97 Å². The molecule has 1 aliphatic heterocycles. The van der Waals surface area contributed by atoms with E-state index in [4.69, 9.17) is 9.15 Å². The number of aryl methyl sites for hydroxylation is 1. The van der Waals surface area contributed by atoms with Gasteiger partial charge < -0.3 is 19.2 Å². The summed E-state index contributed by atoms with van der Waals surface area (Å²) in [6.45, 7) is 5.65. The number of aromatic nitrogens is 1. The normalized spacial score (nSPS) is 15.5. The van der Waals surface area contributed by atoms with E-state index in [0.717, 1.165) is 10.9 Å². The van der Waals surface area contributed by atoms with Crippen LogP contribution in [0.2, 0.25) is 0 Å². The zero-order valence-electron chi connectivity index (χ0n) is 19.9. The Morgan fingerprint density at radius 1 is 1.06 bits per heavy atom. The maximum absolute atomic E-state index is 12.9. The van der Waals surface area contributed by atoms with Crippen LogP contribution >= 0.6 is 0 Å². The van der Waals surface area contributed by atoms with E-state index in [9.17, 15) is 14.7 Å². The summed E-state index contributed by atoms with van der Waals surface area (Å²) < 4.78 is 11.3. The first kappa shape index (κ1) is 22.9. The van der Waals surface area contributed by atoms with Crippen molar-refractivity contribution >= 4 is 33.6 Å². The van der Waals surface area contributed by atoms with Crippen molar-refractivity contribution in [3.8, 4) is 5.75 Å². The summed E-state index contributed by atoms with van der Waals surface area (Å²) >= 11 is 0. The smallest absolute Gasteiger partial charge is 0.342 e. The molecule has 1 amide bonds. The average molecular weight is 474 g/mol. The number of furan rings is 1. The van der Waals surface area contributed by atoms with Crippen LogP contribution in [0.5, 0.6) is 5.75 Å². The number of ether oxygens (including phenoxy) is 1. The number of nitrogens with zero attached hydrogens (tertiary/aromatic N) is 3. The molecule has 5 rings (SSSR count). The van der Waals surface area contributed by atoms with Crippen LogP contribution in [-0.4, -0.2) is 65.1 Å². The molecule has 0 aliphatic carbocycles. The van der Waals surface area contributed by atoms with Gasteiger partial charge in [0.1, 0.15) is 22.7 Å². The third-order valence-corrected chi connectivity index (χ3v) is 6.85. The van der Waals surface area contributed by atoms with Gasteiger partial charge in [-0.1, -0.05) is 24.3 Å². The maximum atomic E-state index is 12.9. The van der Waals surface area contributed by atoms with Gasteiger partial charge in [-0.25, -0.2) is 4.79 Å². The monoisotopic (exact) mass is 473 g/mol. The summed E-state index contributed by atoms with van der Waals surface area (Å²) in [5.41, 5.74) is 2.34. The minimum absolute atomic E-state index is 0.0412. The van der Waals surface area contributed by atoms with Crippen LogP contribution in [0.1, 0.15) is 40.2 Å². The van der Waals surface area contributed by atoms with Crippen molar-refractivity contribution in [3.63, 3.8) is 0 Å². The first-order valence-electron chi connectivity index (χ1n) is 11.6. The van der Waals surface area contributed by atoms with Gasteiger partial charge in [0.15, 0.2) is 0 Å². The Morgan fingerprint density at radius 3 is 2.34 bits per heavy atom. The predicted molar refractivity (Wildman–Crippen MR) is 131 cm³/mol. The quantitative estimate of drug-likeness (QED) is 0.447. The molecule has 2 aromatic carbocycles. The second-order valence-corrected chi connectivity index (χ2v) is 8.76. The number of piperazine rings is 1. The molecule has 35 heavy (non-hydrogen) atoms. The number of amides is 1. The van der Waals surface area contributed by atoms with Crippen molar-refractivity contribution in [1.29, 1.82) is 0 Å². The molecule has 0 radical (unpaired) electrons. The number of pyridine rings is 1. The Morgan fingerprint density at radius 2 is 1.71 bits per heavy atom. The van der Waals surface area contributed by atoms with E-state index < -0.39 is 12.0 Å². The van der Waals surface area contributed by atoms with E-state index in [0.29, 0.717) is 59.4 Å². The lowest BCUT2D eigenvalue weighted by molar-refractivity contribution is -0.130. The number of hydrogen-bond acceptors (Lipinski definition) is 7. The van der Waals surface area contributed by atoms with Crippen molar-refractivity contribution in [1.82, 2.24) is 14.8 Å². The van der Waals surface area contributed by atoms with Crippen LogP contribution in [0.3, 0.4) is 0 Å². The van der Waals surface area contributed by atoms with Gasteiger partial charge in [0.2, 0.25) is 5.91 Å². The molecule has 1 atom stereocenters. The first-order chi connectivity index (χ1) is 16.9. The van der Waals surface area contributed by atoms with Crippen LogP contribution in [0.25, 0.3) is 21.7 Å². The zero-order valence-corrected chi connectivity index (χ0v) is 19.9. The molecule has 1 saturated heterocycles. The zero-order chi connectivity index (χ0) is 24.7. The fourth-order valence-corrected chi connectivity index (χ4v) is 5.16. The molecule has 8 heteroatoms. The van der Waals surface area contributed by atoms with Crippen LogP contribution < -0.4 is 0 Å². The molecule has 1 unspecified atom stereocenters. The van der Waals surface area contributed by atoms with Crippen molar-refractivity contribution in [3.05, 3.63) is 71.2 Å². The molecule has 8 nitrogen and oxygen atoms in total. The van der Waals surface area contributed by atoms with Crippen LogP contribution in [0.4, 0.5) is 0 Å². The molecule has 1 aliphatic rings. The van der Waals surface area contributed by atoms with Crippen LogP contribution in [0.15, 0.2) is 53.2 Å². The Balaban J connectivity index is 1.82. The minimum atomic E-state index is -0.521. The number of aromatic hydroxyl groups is 1. The number of carbonyl (C=O) groups excluding carboxylic acids is 2. The van der Waals surface area contributed by atoms with Gasteiger partial charge in [-0.05, 0) is 24.6 Å². The molecule has 180 valence electrons. The van der Waals surface area contributed by atoms with Crippen molar-refractivity contribution in [2.45, 2.75) is 19.9 Å². The van der Waals surface area contributed by atoms with Crippen molar-refractivity contribution < 1.29 is 23.8 Å². The van der Waals surface area contributed by atoms with Gasteiger partial charge in [0, 0.05) is 67.2 Å². The van der Waals surface area contributed by atoms with E-state index in [1.165, 1.54) is 7.11 Å². The van der Waals surface area contributed by atoms with E-state index in [1.807, 2.05) is 41.3 Å².